The van der Waals surface area contributed by atoms with E-state index in [4.69, 9.17) is 9.47 Å². The SMILES string of the molecule is C=CCOc1ccc(C(=NN=C(c2ccccc2)c2ccc(OCC=C)cc2O)c2ccccc2)c(O)c1. The molecule has 0 radical (unpaired) electrons. The first-order chi connectivity index (χ1) is 18.6. The van der Waals surface area contributed by atoms with Gasteiger partial charge >= 0.3 is 0 Å². The first-order valence-electron chi connectivity index (χ1n) is 12.0. The van der Waals surface area contributed by atoms with Gasteiger partial charge in [0.25, 0.3) is 0 Å². The molecule has 0 aromatic heterocycles. The summed E-state index contributed by atoms with van der Waals surface area (Å²) >= 11 is 0. The van der Waals surface area contributed by atoms with Crippen molar-refractivity contribution in [1.29, 1.82) is 0 Å². The predicted molar refractivity (Wildman–Crippen MR) is 152 cm³/mol. The molecule has 0 unspecified atom stereocenters. The Morgan fingerprint density at radius 2 is 1.00 bits per heavy atom. The van der Waals surface area contributed by atoms with E-state index >= 15 is 0 Å². The van der Waals surface area contributed by atoms with Crippen LogP contribution < -0.4 is 9.47 Å². The van der Waals surface area contributed by atoms with Crippen LogP contribution in [0.5, 0.6) is 23.0 Å². The molecular formula is C32H28N2O4. The molecule has 190 valence electrons. The molecule has 0 saturated carbocycles. The van der Waals surface area contributed by atoms with Gasteiger partial charge in [-0.3, -0.25) is 0 Å². The minimum Gasteiger partial charge on any atom is -0.507 e. The average molecular weight is 505 g/mol. The first-order valence-corrected chi connectivity index (χ1v) is 12.0. The highest BCUT2D eigenvalue weighted by Gasteiger charge is 2.16. The quantitative estimate of drug-likeness (QED) is 0.138. The molecule has 4 aromatic rings. The third kappa shape index (κ3) is 6.36. The van der Waals surface area contributed by atoms with E-state index in [9.17, 15) is 10.2 Å². The van der Waals surface area contributed by atoms with Crippen molar-refractivity contribution in [2.24, 2.45) is 10.2 Å². The Labute approximate surface area is 222 Å². The Morgan fingerprint density at radius 1 is 0.605 bits per heavy atom. The second-order valence-electron chi connectivity index (χ2n) is 8.19. The van der Waals surface area contributed by atoms with E-state index in [0.717, 1.165) is 11.1 Å². The monoisotopic (exact) mass is 504 g/mol. The van der Waals surface area contributed by atoms with Gasteiger partial charge < -0.3 is 19.7 Å². The van der Waals surface area contributed by atoms with Crippen LogP contribution in [0.4, 0.5) is 0 Å². The van der Waals surface area contributed by atoms with Crippen LogP contribution in [0, 0.1) is 0 Å². The van der Waals surface area contributed by atoms with E-state index in [1.54, 1.807) is 36.4 Å². The van der Waals surface area contributed by atoms with Crippen molar-refractivity contribution >= 4 is 11.4 Å². The molecule has 0 spiro atoms. The third-order valence-corrected chi connectivity index (χ3v) is 5.53. The number of hydrogen-bond acceptors (Lipinski definition) is 6. The van der Waals surface area contributed by atoms with E-state index in [1.165, 1.54) is 12.1 Å². The van der Waals surface area contributed by atoms with Crippen LogP contribution >= 0.6 is 0 Å². The number of benzene rings is 4. The Balaban J connectivity index is 1.85. The fourth-order valence-corrected chi connectivity index (χ4v) is 3.74. The molecule has 0 fully saturated rings. The molecule has 0 bridgehead atoms. The van der Waals surface area contributed by atoms with E-state index < -0.39 is 0 Å². The zero-order valence-corrected chi connectivity index (χ0v) is 20.8. The molecule has 0 aliphatic carbocycles. The fraction of sp³-hybridized carbons (Fsp3) is 0.0625. The zero-order chi connectivity index (χ0) is 26.7. The number of phenols is 2. The molecule has 4 rings (SSSR count). The van der Waals surface area contributed by atoms with Crippen molar-refractivity contribution in [2.45, 2.75) is 0 Å². The van der Waals surface area contributed by atoms with Gasteiger partial charge in [-0.05, 0) is 24.3 Å². The fourth-order valence-electron chi connectivity index (χ4n) is 3.74. The topological polar surface area (TPSA) is 83.6 Å². The summed E-state index contributed by atoms with van der Waals surface area (Å²) in [5, 5.41) is 31.0. The van der Waals surface area contributed by atoms with Gasteiger partial charge in [-0.15, -0.1) is 10.2 Å². The third-order valence-electron chi connectivity index (χ3n) is 5.53. The van der Waals surface area contributed by atoms with Crippen LogP contribution in [0.25, 0.3) is 0 Å². The smallest absolute Gasteiger partial charge is 0.128 e. The number of rotatable bonds is 11. The molecule has 6 nitrogen and oxygen atoms in total. The van der Waals surface area contributed by atoms with Crippen molar-refractivity contribution in [3.8, 4) is 23.0 Å². The summed E-state index contributed by atoms with van der Waals surface area (Å²) in [4.78, 5) is 0. The molecule has 2 N–H and O–H groups in total. The molecule has 6 heteroatoms. The number of nitrogens with zero attached hydrogens (tertiary/aromatic N) is 2. The summed E-state index contributed by atoms with van der Waals surface area (Å²) in [5.41, 5.74) is 3.40. The summed E-state index contributed by atoms with van der Waals surface area (Å²) in [5.74, 6) is 1.01. The average Bonchev–Trinajstić information content (AvgIpc) is 2.95. The molecule has 38 heavy (non-hydrogen) atoms. The van der Waals surface area contributed by atoms with Gasteiger partial charge in [-0.25, -0.2) is 0 Å². The Bertz CT molecular complexity index is 1350. The van der Waals surface area contributed by atoms with Crippen LogP contribution in [-0.2, 0) is 0 Å². The predicted octanol–water partition coefficient (Wildman–Crippen LogP) is 6.52. The van der Waals surface area contributed by atoms with Gasteiger partial charge in [0, 0.05) is 34.4 Å². The highest BCUT2D eigenvalue weighted by Crippen LogP contribution is 2.29. The van der Waals surface area contributed by atoms with Gasteiger partial charge in [-0.1, -0.05) is 86.0 Å². The van der Waals surface area contributed by atoms with E-state index in [1.807, 2.05) is 60.7 Å². The summed E-state index contributed by atoms with van der Waals surface area (Å²) in [6.45, 7) is 7.94. The minimum atomic E-state index is -0.00260. The van der Waals surface area contributed by atoms with E-state index in [-0.39, 0.29) is 11.5 Å². The molecule has 0 heterocycles. The maximum atomic E-state index is 10.9. The standard InChI is InChI=1S/C32H28N2O4/c1-3-19-37-25-15-17-27(29(35)21-25)31(23-11-7-5-8-12-23)33-34-32(24-13-9-6-10-14-24)28-18-16-26(22-30(28)36)38-20-4-2/h3-18,21-22,35-36H,1-2,19-20H2. The zero-order valence-electron chi connectivity index (χ0n) is 20.8. The summed E-state index contributed by atoms with van der Waals surface area (Å²) in [6.07, 6.45) is 3.27. The minimum absolute atomic E-state index is 0.00260. The van der Waals surface area contributed by atoms with Crippen molar-refractivity contribution < 1.29 is 19.7 Å². The van der Waals surface area contributed by atoms with E-state index in [2.05, 4.69) is 23.4 Å². The van der Waals surface area contributed by atoms with Gasteiger partial charge in [-0.2, -0.15) is 0 Å². The van der Waals surface area contributed by atoms with Crippen LogP contribution in [0.3, 0.4) is 0 Å². The number of aromatic hydroxyl groups is 2. The van der Waals surface area contributed by atoms with Crippen molar-refractivity contribution in [2.75, 3.05) is 13.2 Å². The van der Waals surface area contributed by atoms with Crippen LogP contribution in [-0.4, -0.2) is 34.9 Å². The van der Waals surface area contributed by atoms with Crippen molar-refractivity contribution in [3.63, 3.8) is 0 Å². The van der Waals surface area contributed by atoms with Crippen molar-refractivity contribution in [1.82, 2.24) is 0 Å². The van der Waals surface area contributed by atoms with E-state index in [0.29, 0.717) is 47.3 Å². The molecular weight excluding hydrogens is 476 g/mol. The lowest BCUT2D eigenvalue weighted by Gasteiger charge is -2.12. The van der Waals surface area contributed by atoms with Gasteiger partial charge in [0.05, 0.1) is 0 Å². The Kier molecular flexibility index (Phi) is 8.71. The lowest BCUT2D eigenvalue weighted by Crippen LogP contribution is -2.07. The van der Waals surface area contributed by atoms with Crippen LogP contribution in [0.1, 0.15) is 22.3 Å². The Hall–Kier alpha value is -5.10. The van der Waals surface area contributed by atoms with Gasteiger partial charge in [0.1, 0.15) is 47.6 Å². The number of ether oxygens (including phenoxy) is 2. The number of hydrogen-bond donors (Lipinski definition) is 2. The second kappa shape index (κ2) is 12.7. The summed E-state index contributed by atoms with van der Waals surface area (Å²) in [7, 11) is 0. The lowest BCUT2D eigenvalue weighted by atomic mass is 10.0. The lowest BCUT2D eigenvalue weighted by molar-refractivity contribution is 0.359. The molecule has 0 aliphatic rings. The summed E-state index contributed by atoms with van der Waals surface area (Å²) < 4.78 is 11.1. The molecule has 4 aromatic carbocycles. The molecule has 0 amide bonds. The second-order valence-corrected chi connectivity index (χ2v) is 8.19. The molecule has 0 aliphatic heterocycles. The highest BCUT2D eigenvalue weighted by molar-refractivity contribution is 6.17. The van der Waals surface area contributed by atoms with Crippen LogP contribution in [0.2, 0.25) is 0 Å². The Morgan fingerprint density at radius 3 is 1.34 bits per heavy atom. The normalized spacial score (nSPS) is 11.6. The largest absolute Gasteiger partial charge is 0.507 e. The molecule has 0 atom stereocenters. The highest BCUT2D eigenvalue weighted by atomic mass is 16.5. The maximum Gasteiger partial charge on any atom is 0.128 e. The summed E-state index contributed by atoms with van der Waals surface area (Å²) in [6, 6.07) is 29.0. The van der Waals surface area contributed by atoms with Crippen molar-refractivity contribution in [3.05, 3.63) is 145 Å². The number of phenolic OH excluding ortho intramolecular Hbond substituents is 2. The van der Waals surface area contributed by atoms with Gasteiger partial charge in [0.2, 0.25) is 0 Å². The molecule has 0 saturated heterocycles. The van der Waals surface area contributed by atoms with Gasteiger partial charge in [0.15, 0.2) is 0 Å². The maximum absolute atomic E-state index is 10.9. The first kappa shape index (κ1) is 26.0. The van der Waals surface area contributed by atoms with Crippen LogP contribution in [0.15, 0.2) is 133 Å².